The molecule has 1 heterocycles. The molecule has 14 heavy (non-hydrogen) atoms. The van der Waals surface area contributed by atoms with Crippen molar-refractivity contribution in [1.82, 2.24) is 0 Å². The van der Waals surface area contributed by atoms with E-state index in [1.807, 2.05) is 6.07 Å². The zero-order chi connectivity index (χ0) is 10.1. The normalized spacial score (nSPS) is 13.5. The summed E-state index contributed by atoms with van der Waals surface area (Å²) in [6, 6.07) is 3.78. The standard InChI is InChI=1S/C10H9BrO3/c11-8-3-6-1-2-14-10(6)7(4-8)5-9(12)13/h3-4H,1-2,5H2,(H,12,13). The molecule has 0 amide bonds. The fourth-order valence-electron chi connectivity index (χ4n) is 1.64. The lowest BCUT2D eigenvalue weighted by molar-refractivity contribution is -0.136. The Hall–Kier alpha value is -1.03. The number of halogens is 1. The second kappa shape index (κ2) is 3.61. The molecule has 2 rings (SSSR count). The molecule has 3 nitrogen and oxygen atoms in total. The van der Waals surface area contributed by atoms with Crippen molar-refractivity contribution in [1.29, 1.82) is 0 Å². The largest absolute Gasteiger partial charge is 0.493 e. The second-order valence-electron chi connectivity index (χ2n) is 3.22. The summed E-state index contributed by atoms with van der Waals surface area (Å²) in [6.45, 7) is 0.651. The molecule has 1 aliphatic rings. The van der Waals surface area contributed by atoms with Crippen LogP contribution in [0.5, 0.6) is 5.75 Å². The fraction of sp³-hybridized carbons (Fsp3) is 0.300. The lowest BCUT2D eigenvalue weighted by atomic mass is 10.1. The number of ether oxygens (including phenoxy) is 1. The van der Waals surface area contributed by atoms with Gasteiger partial charge in [-0.05, 0) is 17.7 Å². The van der Waals surface area contributed by atoms with E-state index >= 15 is 0 Å². The summed E-state index contributed by atoms with van der Waals surface area (Å²) < 4.78 is 6.32. The molecule has 0 bridgehead atoms. The van der Waals surface area contributed by atoms with Gasteiger partial charge in [0.2, 0.25) is 0 Å². The minimum Gasteiger partial charge on any atom is -0.493 e. The Labute approximate surface area is 89.8 Å². The average molecular weight is 257 g/mol. The summed E-state index contributed by atoms with van der Waals surface area (Å²) in [6.07, 6.45) is 0.878. The topological polar surface area (TPSA) is 46.5 Å². The van der Waals surface area contributed by atoms with Gasteiger partial charge in [0.05, 0.1) is 13.0 Å². The van der Waals surface area contributed by atoms with E-state index in [-0.39, 0.29) is 6.42 Å². The van der Waals surface area contributed by atoms with E-state index in [1.165, 1.54) is 0 Å². The predicted molar refractivity (Wildman–Crippen MR) is 54.7 cm³/mol. The number of hydrogen-bond donors (Lipinski definition) is 1. The molecule has 0 aliphatic carbocycles. The van der Waals surface area contributed by atoms with Crippen molar-refractivity contribution in [2.75, 3.05) is 6.61 Å². The van der Waals surface area contributed by atoms with Gasteiger partial charge in [-0.15, -0.1) is 0 Å². The van der Waals surface area contributed by atoms with Gasteiger partial charge in [-0.25, -0.2) is 0 Å². The number of benzene rings is 1. The summed E-state index contributed by atoms with van der Waals surface area (Å²) in [5.74, 6) is -0.0728. The molecular formula is C10H9BrO3. The molecule has 0 atom stereocenters. The van der Waals surface area contributed by atoms with Crippen molar-refractivity contribution in [3.05, 3.63) is 27.7 Å². The first-order chi connectivity index (χ1) is 6.66. The Balaban J connectivity index is 2.43. The van der Waals surface area contributed by atoms with Crippen LogP contribution >= 0.6 is 15.9 Å². The van der Waals surface area contributed by atoms with Crippen LogP contribution in [0, 0.1) is 0 Å². The van der Waals surface area contributed by atoms with E-state index in [4.69, 9.17) is 9.84 Å². The maximum absolute atomic E-state index is 10.6. The number of carboxylic acid groups (broad SMARTS) is 1. The van der Waals surface area contributed by atoms with Crippen LogP contribution < -0.4 is 4.74 Å². The fourth-order valence-corrected chi connectivity index (χ4v) is 2.19. The lowest BCUT2D eigenvalue weighted by Gasteiger charge is -2.06. The van der Waals surface area contributed by atoms with Crippen LogP contribution in [0.2, 0.25) is 0 Å². The van der Waals surface area contributed by atoms with Crippen molar-refractivity contribution in [2.24, 2.45) is 0 Å². The highest BCUT2D eigenvalue weighted by molar-refractivity contribution is 9.10. The molecule has 0 saturated carbocycles. The van der Waals surface area contributed by atoms with E-state index in [9.17, 15) is 4.79 Å². The van der Waals surface area contributed by atoms with Gasteiger partial charge in [0.1, 0.15) is 5.75 Å². The number of aliphatic carboxylic acids is 1. The van der Waals surface area contributed by atoms with Crippen LogP contribution in [-0.4, -0.2) is 17.7 Å². The Bertz CT molecular complexity index is 387. The van der Waals surface area contributed by atoms with Crippen molar-refractivity contribution in [2.45, 2.75) is 12.8 Å². The smallest absolute Gasteiger partial charge is 0.307 e. The quantitative estimate of drug-likeness (QED) is 0.881. The summed E-state index contributed by atoms with van der Waals surface area (Å²) in [7, 11) is 0. The van der Waals surface area contributed by atoms with Gasteiger partial charge in [0.25, 0.3) is 0 Å². The number of fused-ring (bicyclic) bond motifs is 1. The van der Waals surface area contributed by atoms with E-state index < -0.39 is 5.97 Å². The average Bonchev–Trinajstić information content (AvgIpc) is 2.50. The van der Waals surface area contributed by atoms with Crippen molar-refractivity contribution in [3.8, 4) is 5.75 Å². The summed E-state index contributed by atoms with van der Waals surface area (Å²) in [5.41, 5.74) is 1.84. The highest BCUT2D eigenvalue weighted by Crippen LogP contribution is 2.33. The Morgan fingerprint density at radius 2 is 2.36 bits per heavy atom. The summed E-state index contributed by atoms with van der Waals surface area (Å²) in [5, 5.41) is 8.72. The van der Waals surface area contributed by atoms with E-state index in [0.29, 0.717) is 6.61 Å². The zero-order valence-corrected chi connectivity index (χ0v) is 9.00. The number of carbonyl (C=O) groups is 1. The van der Waals surface area contributed by atoms with Crippen molar-refractivity contribution >= 4 is 21.9 Å². The lowest BCUT2D eigenvalue weighted by Crippen LogP contribution is -2.02. The molecule has 1 aliphatic heterocycles. The Morgan fingerprint density at radius 3 is 3.07 bits per heavy atom. The van der Waals surface area contributed by atoms with Crippen LogP contribution in [0.1, 0.15) is 11.1 Å². The van der Waals surface area contributed by atoms with Crippen molar-refractivity contribution in [3.63, 3.8) is 0 Å². The highest BCUT2D eigenvalue weighted by Gasteiger charge is 2.18. The monoisotopic (exact) mass is 256 g/mol. The van der Waals surface area contributed by atoms with Gasteiger partial charge < -0.3 is 9.84 Å². The van der Waals surface area contributed by atoms with Crippen LogP contribution in [0.4, 0.5) is 0 Å². The zero-order valence-electron chi connectivity index (χ0n) is 7.42. The van der Waals surface area contributed by atoms with E-state index in [1.54, 1.807) is 6.07 Å². The number of rotatable bonds is 2. The highest BCUT2D eigenvalue weighted by atomic mass is 79.9. The third-order valence-corrected chi connectivity index (χ3v) is 2.62. The first kappa shape index (κ1) is 9.52. The molecule has 1 aromatic carbocycles. The molecule has 0 fully saturated rings. The van der Waals surface area contributed by atoms with Gasteiger partial charge in [-0.2, -0.15) is 0 Å². The van der Waals surface area contributed by atoms with Gasteiger partial charge in [-0.1, -0.05) is 15.9 Å². The second-order valence-corrected chi connectivity index (χ2v) is 4.14. The Morgan fingerprint density at radius 1 is 1.57 bits per heavy atom. The molecule has 74 valence electrons. The summed E-state index contributed by atoms with van der Waals surface area (Å²) in [4.78, 5) is 10.6. The Kier molecular flexibility index (Phi) is 2.46. The van der Waals surface area contributed by atoms with Crippen molar-refractivity contribution < 1.29 is 14.6 Å². The molecule has 1 aromatic rings. The molecule has 0 saturated heterocycles. The van der Waals surface area contributed by atoms with Crippen LogP contribution in [0.25, 0.3) is 0 Å². The van der Waals surface area contributed by atoms with Gasteiger partial charge in [0, 0.05) is 16.5 Å². The SMILES string of the molecule is O=C(O)Cc1cc(Br)cc2c1OCC2. The van der Waals surface area contributed by atoms with Crippen LogP contribution in [0.3, 0.4) is 0 Å². The van der Waals surface area contributed by atoms with E-state index in [0.717, 1.165) is 27.8 Å². The molecule has 1 N–H and O–H groups in total. The molecule has 0 unspecified atom stereocenters. The predicted octanol–water partition coefficient (Wildman–Crippen LogP) is 2.01. The molecule has 4 heteroatoms. The van der Waals surface area contributed by atoms with Crippen LogP contribution in [-0.2, 0) is 17.6 Å². The first-order valence-electron chi connectivity index (χ1n) is 4.32. The minimum atomic E-state index is -0.833. The molecule has 0 aromatic heterocycles. The van der Waals surface area contributed by atoms with Gasteiger partial charge >= 0.3 is 5.97 Å². The van der Waals surface area contributed by atoms with Crippen LogP contribution in [0.15, 0.2) is 16.6 Å². The molecular weight excluding hydrogens is 248 g/mol. The molecule has 0 spiro atoms. The maximum atomic E-state index is 10.6. The third kappa shape index (κ3) is 1.75. The third-order valence-electron chi connectivity index (χ3n) is 2.17. The maximum Gasteiger partial charge on any atom is 0.307 e. The van der Waals surface area contributed by atoms with E-state index in [2.05, 4.69) is 15.9 Å². The number of carboxylic acids is 1. The summed E-state index contributed by atoms with van der Waals surface area (Å²) >= 11 is 3.36. The minimum absolute atomic E-state index is 0.0156. The first-order valence-corrected chi connectivity index (χ1v) is 5.12. The number of hydrogen-bond acceptors (Lipinski definition) is 2. The van der Waals surface area contributed by atoms with Gasteiger partial charge in [-0.3, -0.25) is 4.79 Å². The van der Waals surface area contributed by atoms with Gasteiger partial charge in [0.15, 0.2) is 0 Å². The molecule has 0 radical (unpaired) electrons.